The van der Waals surface area contributed by atoms with Crippen LogP contribution >= 0.6 is 0 Å². The average Bonchev–Trinajstić information content (AvgIpc) is 2.38. The third kappa shape index (κ3) is 3.39. The third-order valence-electron chi connectivity index (χ3n) is 2.81. The predicted octanol–water partition coefficient (Wildman–Crippen LogP) is 1.50. The summed E-state index contributed by atoms with van der Waals surface area (Å²) in [7, 11) is 0. The zero-order valence-electron chi connectivity index (χ0n) is 9.61. The summed E-state index contributed by atoms with van der Waals surface area (Å²) >= 11 is 0. The second kappa shape index (κ2) is 5.59. The van der Waals surface area contributed by atoms with E-state index in [1.165, 1.54) is 0 Å². The number of carbonyl (C=O) groups is 1. The fraction of sp³-hybridized carbons (Fsp3) is 0.385. The molecule has 0 saturated carbocycles. The molecule has 2 rings (SSSR count). The molecule has 1 atom stereocenters. The molecule has 4 heteroatoms. The molecule has 1 aromatic carbocycles. The van der Waals surface area contributed by atoms with E-state index in [-0.39, 0.29) is 12.0 Å². The molecule has 1 aliphatic rings. The summed E-state index contributed by atoms with van der Waals surface area (Å²) in [6.07, 6.45) is 1.34. The molecule has 0 radical (unpaired) electrons. The van der Waals surface area contributed by atoms with Gasteiger partial charge in [0.25, 0.3) is 0 Å². The molecule has 4 nitrogen and oxygen atoms in total. The monoisotopic (exact) mass is 232 g/mol. The Morgan fingerprint density at radius 1 is 1.41 bits per heavy atom. The van der Waals surface area contributed by atoms with E-state index < -0.39 is 0 Å². The lowest BCUT2D eigenvalue weighted by molar-refractivity contribution is -0.147. The van der Waals surface area contributed by atoms with Crippen LogP contribution in [0.5, 0.6) is 0 Å². The molecule has 17 heavy (non-hydrogen) atoms. The van der Waals surface area contributed by atoms with Crippen LogP contribution in [0.4, 0.5) is 0 Å². The number of esters is 1. The molecule has 1 fully saturated rings. The van der Waals surface area contributed by atoms with Crippen molar-refractivity contribution in [3.05, 3.63) is 35.9 Å². The fourth-order valence-electron chi connectivity index (χ4n) is 1.79. The molecule has 0 aromatic heterocycles. The average molecular weight is 232 g/mol. The quantitative estimate of drug-likeness (QED) is 0.776. The fourth-order valence-corrected chi connectivity index (χ4v) is 1.79. The molecule has 0 amide bonds. The summed E-state index contributed by atoms with van der Waals surface area (Å²) in [5, 5.41) is 10.4. The number of ether oxygens (including phenoxy) is 1. The van der Waals surface area contributed by atoms with E-state index in [1.54, 1.807) is 0 Å². The minimum Gasteiger partial charge on any atom is -0.460 e. The van der Waals surface area contributed by atoms with Gasteiger partial charge in [-0.05, 0) is 18.4 Å². The maximum absolute atomic E-state index is 11.7. The summed E-state index contributed by atoms with van der Waals surface area (Å²) in [5.74, 6) is -0.221. The van der Waals surface area contributed by atoms with Gasteiger partial charge in [0, 0.05) is 12.3 Å². The van der Waals surface area contributed by atoms with Crippen LogP contribution < -0.4 is 5.32 Å². The first kappa shape index (κ1) is 11.8. The SMILES string of the molecule is N=C1CC[C@@H](C(=O)OCc2ccccc2)NC1. The van der Waals surface area contributed by atoms with Crippen LogP contribution in [0.1, 0.15) is 18.4 Å². The molecule has 0 aliphatic carbocycles. The van der Waals surface area contributed by atoms with Gasteiger partial charge in [0.1, 0.15) is 12.6 Å². The van der Waals surface area contributed by atoms with Crippen molar-refractivity contribution in [3.63, 3.8) is 0 Å². The number of nitrogens with one attached hydrogen (secondary N) is 2. The van der Waals surface area contributed by atoms with E-state index in [0.717, 1.165) is 5.56 Å². The van der Waals surface area contributed by atoms with Crippen molar-refractivity contribution in [2.24, 2.45) is 0 Å². The van der Waals surface area contributed by atoms with Gasteiger partial charge in [0.15, 0.2) is 0 Å². The van der Waals surface area contributed by atoms with Gasteiger partial charge in [-0.15, -0.1) is 0 Å². The van der Waals surface area contributed by atoms with Crippen LogP contribution in [0, 0.1) is 5.41 Å². The largest absolute Gasteiger partial charge is 0.460 e. The van der Waals surface area contributed by atoms with Crippen molar-refractivity contribution in [1.82, 2.24) is 5.32 Å². The Bertz CT molecular complexity index is 393. The first-order valence-electron chi connectivity index (χ1n) is 5.76. The Kier molecular flexibility index (Phi) is 3.88. The van der Waals surface area contributed by atoms with Crippen molar-refractivity contribution in [2.45, 2.75) is 25.5 Å². The summed E-state index contributed by atoms with van der Waals surface area (Å²) in [6, 6.07) is 9.37. The summed E-state index contributed by atoms with van der Waals surface area (Å²) in [5.41, 5.74) is 1.64. The van der Waals surface area contributed by atoms with Crippen molar-refractivity contribution in [3.8, 4) is 0 Å². The minimum atomic E-state index is -0.257. The van der Waals surface area contributed by atoms with E-state index in [9.17, 15) is 4.79 Å². The standard InChI is InChI=1S/C13H16N2O2/c14-11-6-7-12(15-8-11)13(16)17-9-10-4-2-1-3-5-10/h1-5,12,14-15H,6-9H2/t12-/m0/s1. The molecule has 0 unspecified atom stereocenters. The summed E-state index contributed by atoms with van der Waals surface area (Å²) in [6.45, 7) is 0.806. The minimum absolute atomic E-state index is 0.221. The van der Waals surface area contributed by atoms with E-state index in [1.807, 2.05) is 30.3 Å². The topological polar surface area (TPSA) is 62.2 Å². The summed E-state index contributed by atoms with van der Waals surface area (Å²) in [4.78, 5) is 11.7. The predicted molar refractivity (Wildman–Crippen MR) is 65.0 cm³/mol. The zero-order chi connectivity index (χ0) is 12.1. The smallest absolute Gasteiger partial charge is 0.323 e. The highest BCUT2D eigenvalue weighted by Gasteiger charge is 2.23. The van der Waals surface area contributed by atoms with E-state index >= 15 is 0 Å². The zero-order valence-corrected chi connectivity index (χ0v) is 9.61. The van der Waals surface area contributed by atoms with Crippen molar-refractivity contribution in [1.29, 1.82) is 5.41 Å². The number of hydrogen-bond donors (Lipinski definition) is 2. The molecular weight excluding hydrogens is 216 g/mol. The van der Waals surface area contributed by atoms with E-state index in [0.29, 0.717) is 31.7 Å². The van der Waals surface area contributed by atoms with E-state index in [2.05, 4.69) is 5.32 Å². The normalized spacial score (nSPS) is 20.0. The van der Waals surface area contributed by atoms with Crippen LogP contribution in [0.2, 0.25) is 0 Å². The van der Waals surface area contributed by atoms with Crippen molar-refractivity contribution in [2.75, 3.05) is 6.54 Å². The molecule has 1 saturated heterocycles. The Hall–Kier alpha value is -1.68. The molecule has 2 N–H and O–H groups in total. The molecule has 1 heterocycles. The van der Waals surface area contributed by atoms with Crippen molar-refractivity contribution < 1.29 is 9.53 Å². The van der Waals surface area contributed by atoms with Gasteiger partial charge < -0.3 is 10.1 Å². The number of carbonyl (C=O) groups excluding carboxylic acids is 1. The summed E-state index contributed by atoms with van der Waals surface area (Å²) < 4.78 is 5.23. The highest BCUT2D eigenvalue weighted by Crippen LogP contribution is 2.08. The number of rotatable bonds is 3. The van der Waals surface area contributed by atoms with Gasteiger partial charge in [-0.1, -0.05) is 30.3 Å². The van der Waals surface area contributed by atoms with Crippen LogP contribution in [0.25, 0.3) is 0 Å². The maximum Gasteiger partial charge on any atom is 0.323 e. The first-order valence-corrected chi connectivity index (χ1v) is 5.76. The van der Waals surface area contributed by atoms with Crippen molar-refractivity contribution >= 4 is 11.7 Å². The number of piperidine rings is 1. The van der Waals surface area contributed by atoms with Gasteiger partial charge in [-0.2, -0.15) is 0 Å². The third-order valence-corrected chi connectivity index (χ3v) is 2.81. The van der Waals surface area contributed by atoms with Gasteiger partial charge >= 0.3 is 5.97 Å². The van der Waals surface area contributed by atoms with Gasteiger partial charge in [0.2, 0.25) is 0 Å². The second-order valence-corrected chi connectivity index (χ2v) is 4.17. The van der Waals surface area contributed by atoms with Gasteiger partial charge in [-0.3, -0.25) is 10.1 Å². The molecule has 0 spiro atoms. The lowest BCUT2D eigenvalue weighted by Gasteiger charge is -2.22. The second-order valence-electron chi connectivity index (χ2n) is 4.17. The Labute approximate surface area is 100 Å². The molecule has 1 aliphatic heterocycles. The Morgan fingerprint density at radius 3 is 2.82 bits per heavy atom. The van der Waals surface area contributed by atoms with Crippen LogP contribution in [0.15, 0.2) is 30.3 Å². The lowest BCUT2D eigenvalue weighted by atomic mass is 10.0. The van der Waals surface area contributed by atoms with Gasteiger partial charge in [0.05, 0.1) is 0 Å². The van der Waals surface area contributed by atoms with Gasteiger partial charge in [-0.25, -0.2) is 0 Å². The van der Waals surface area contributed by atoms with E-state index in [4.69, 9.17) is 10.1 Å². The van der Waals surface area contributed by atoms with Crippen LogP contribution in [-0.4, -0.2) is 24.3 Å². The van der Waals surface area contributed by atoms with Crippen LogP contribution in [0.3, 0.4) is 0 Å². The number of hydrogen-bond acceptors (Lipinski definition) is 4. The maximum atomic E-state index is 11.7. The Morgan fingerprint density at radius 2 is 2.18 bits per heavy atom. The first-order chi connectivity index (χ1) is 8.25. The lowest BCUT2D eigenvalue weighted by Crippen LogP contribution is -2.44. The highest BCUT2D eigenvalue weighted by molar-refractivity contribution is 5.87. The molecular formula is C13H16N2O2. The Balaban J connectivity index is 1.80. The molecule has 1 aromatic rings. The van der Waals surface area contributed by atoms with Crippen LogP contribution in [-0.2, 0) is 16.1 Å². The molecule has 90 valence electrons. The highest BCUT2D eigenvalue weighted by atomic mass is 16.5. The number of benzene rings is 1. The molecule has 0 bridgehead atoms.